The van der Waals surface area contributed by atoms with Crippen LogP contribution in [0.25, 0.3) is 0 Å². The van der Waals surface area contributed by atoms with Crippen LogP contribution in [0.4, 0.5) is 0 Å². The van der Waals surface area contributed by atoms with Crippen LogP contribution in [0.2, 0.25) is 0 Å². The Morgan fingerprint density at radius 2 is 2.33 bits per heavy atom. The summed E-state index contributed by atoms with van der Waals surface area (Å²) in [5.74, 6) is 0.982. The number of nitrogens with two attached hydrogens (primary N) is 1. The van der Waals surface area contributed by atoms with Gasteiger partial charge in [0.25, 0.3) is 0 Å². The second-order valence-corrected chi connectivity index (χ2v) is 5.30. The first-order valence-corrected chi connectivity index (χ1v) is 6.64. The van der Waals surface area contributed by atoms with Crippen LogP contribution in [0.3, 0.4) is 0 Å². The predicted molar refractivity (Wildman–Crippen MR) is 72.6 cm³/mol. The second kappa shape index (κ2) is 4.40. The first-order valence-electron chi connectivity index (χ1n) is 5.85. The van der Waals surface area contributed by atoms with Gasteiger partial charge >= 0.3 is 0 Å². The fraction of sp³-hybridized carbons (Fsp3) is 0.308. The Kier molecular flexibility index (Phi) is 2.87. The Morgan fingerprint density at radius 3 is 3.06 bits per heavy atom. The summed E-state index contributed by atoms with van der Waals surface area (Å²) in [6.07, 6.45) is 2.73. The number of benzene rings is 1. The van der Waals surface area contributed by atoms with Gasteiger partial charge in [0.15, 0.2) is 0 Å². The van der Waals surface area contributed by atoms with Gasteiger partial charge in [-0.2, -0.15) is 5.10 Å². The highest BCUT2D eigenvalue weighted by atomic mass is 79.9. The summed E-state index contributed by atoms with van der Waals surface area (Å²) < 4.78 is 8.25. The van der Waals surface area contributed by atoms with Gasteiger partial charge in [0.05, 0.1) is 29.0 Å². The maximum Gasteiger partial charge on any atom is 0.122 e. The van der Waals surface area contributed by atoms with Crippen LogP contribution in [0.5, 0.6) is 5.75 Å². The maximum atomic E-state index is 6.32. The number of aryl methyl sites for hydroxylation is 1. The molecule has 1 aliphatic rings. The molecule has 0 radical (unpaired) electrons. The van der Waals surface area contributed by atoms with E-state index in [1.54, 1.807) is 10.9 Å². The molecule has 3 rings (SSSR count). The minimum absolute atomic E-state index is 0.183. The van der Waals surface area contributed by atoms with Gasteiger partial charge in [0, 0.05) is 13.5 Å². The number of aromatic nitrogens is 2. The molecule has 0 spiro atoms. The van der Waals surface area contributed by atoms with Crippen LogP contribution in [-0.2, 0) is 13.5 Å². The molecule has 2 aromatic rings. The average Bonchev–Trinajstić information content (AvgIpc) is 2.94. The minimum Gasteiger partial charge on any atom is -0.493 e. The Morgan fingerprint density at radius 1 is 1.50 bits per heavy atom. The lowest BCUT2D eigenvalue weighted by molar-refractivity contribution is 0.357. The Balaban J connectivity index is 2.00. The molecule has 2 N–H and O–H groups in total. The molecule has 0 saturated heterocycles. The van der Waals surface area contributed by atoms with Gasteiger partial charge in [0.2, 0.25) is 0 Å². The third kappa shape index (κ3) is 1.83. The zero-order chi connectivity index (χ0) is 12.7. The molecule has 0 fully saturated rings. The first kappa shape index (κ1) is 11.7. The van der Waals surface area contributed by atoms with E-state index in [-0.39, 0.29) is 6.04 Å². The summed E-state index contributed by atoms with van der Waals surface area (Å²) in [5.41, 5.74) is 9.63. The van der Waals surface area contributed by atoms with E-state index in [1.165, 1.54) is 5.56 Å². The summed E-state index contributed by atoms with van der Waals surface area (Å²) >= 11 is 3.49. The average molecular weight is 308 g/mol. The van der Waals surface area contributed by atoms with E-state index >= 15 is 0 Å². The van der Waals surface area contributed by atoms with Gasteiger partial charge in [-0.05, 0) is 33.1 Å². The predicted octanol–water partition coefficient (Wildman–Crippen LogP) is 2.17. The number of nitrogens with zero attached hydrogens (tertiary/aromatic N) is 2. The first-order chi connectivity index (χ1) is 8.66. The standard InChI is InChI=1S/C13H14BrN3O/c1-17-13(10(14)7-16-17)12(15)9-2-3-11-8(6-9)4-5-18-11/h2-3,6-7,12H,4-5,15H2,1H3. The molecule has 1 aromatic heterocycles. The maximum absolute atomic E-state index is 6.32. The fourth-order valence-corrected chi connectivity index (χ4v) is 2.92. The van der Waals surface area contributed by atoms with Crippen LogP contribution >= 0.6 is 15.9 Å². The zero-order valence-corrected chi connectivity index (χ0v) is 11.6. The molecule has 2 heterocycles. The monoisotopic (exact) mass is 307 g/mol. The van der Waals surface area contributed by atoms with E-state index in [0.717, 1.165) is 34.5 Å². The lowest BCUT2D eigenvalue weighted by atomic mass is 10.0. The lowest BCUT2D eigenvalue weighted by Crippen LogP contribution is -2.16. The molecule has 1 atom stereocenters. The summed E-state index contributed by atoms with van der Waals surface area (Å²) in [5, 5.41) is 4.20. The van der Waals surface area contributed by atoms with Crippen molar-refractivity contribution in [3.05, 3.63) is 45.7 Å². The van der Waals surface area contributed by atoms with Crippen molar-refractivity contribution in [1.29, 1.82) is 0 Å². The van der Waals surface area contributed by atoms with E-state index in [1.807, 2.05) is 19.2 Å². The minimum atomic E-state index is -0.183. The van der Waals surface area contributed by atoms with Gasteiger partial charge in [-0.3, -0.25) is 4.68 Å². The molecule has 18 heavy (non-hydrogen) atoms. The van der Waals surface area contributed by atoms with Gasteiger partial charge in [0.1, 0.15) is 5.75 Å². The van der Waals surface area contributed by atoms with Gasteiger partial charge in [-0.25, -0.2) is 0 Å². The molecular formula is C13H14BrN3O. The van der Waals surface area contributed by atoms with Crippen molar-refractivity contribution < 1.29 is 4.74 Å². The Bertz CT molecular complexity index is 574. The van der Waals surface area contributed by atoms with Crippen LogP contribution in [0.15, 0.2) is 28.9 Å². The van der Waals surface area contributed by atoms with Crippen LogP contribution in [-0.4, -0.2) is 16.4 Å². The van der Waals surface area contributed by atoms with E-state index in [2.05, 4.69) is 27.1 Å². The second-order valence-electron chi connectivity index (χ2n) is 4.44. The third-order valence-electron chi connectivity index (χ3n) is 3.30. The molecule has 1 aromatic carbocycles. The highest BCUT2D eigenvalue weighted by Gasteiger charge is 2.19. The van der Waals surface area contributed by atoms with E-state index in [4.69, 9.17) is 10.5 Å². The largest absolute Gasteiger partial charge is 0.493 e. The van der Waals surface area contributed by atoms with Crippen LogP contribution in [0, 0.1) is 0 Å². The summed E-state index contributed by atoms with van der Waals surface area (Å²) in [6, 6.07) is 5.97. The SMILES string of the molecule is Cn1ncc(Br)c1C(N)c1ccc2c(c1)CCO2. The Hall–Kier alpha value is -1.33. The Labute approximate surface area is 114 Å². The summed E-state index contributed by atoms with van der Waals surface area (Å²) in [4.78, 5) is 0. The topological polar surface area (TPSA) is 53.1 Å². The number of fused-ring (bicyclic) bond motifs is 1. The number of hydrogen-bond acceptors (Lipinski definition) is 3. The van der Waals surface area contributed by atoms with Crippen LogP contribution in [0.1, 0.15) is 22.9 Å². The molecule has 1 unspecified atom stereocenters. The highest BCUT2D eigenvalue weighted by Crippen LogP contribution is 2.31. The molecule has 4 nitrogen and oxygen atoms in total. The van der Waals surface area contributed by atoms with Crippen molar-refractivity contribution in [3.63, 3.8) is 0 Å². The molecule has 0 saturated carbocycles. The molecule has 0 bridgehead atoms. The molecule has 5 heteroatoms. The van der Waals surface area contributed by atoms with E-state index in [0.29, 0.717) is 0 Å². The van der Waals surface area contributed by atoms with Gasteiger partial charge in [-0.15, -0.1) is 0 Å². The number of halogens is 1. The third-order valence-corrected chi connectivity index (χ3v) is 3.92. The number of rotatable bonds is 2. The highest BCUT2D eigenvalue weighted by molar-refractivity contribution is 9.10. The van der Waals surface area contributed by atoms with Crippen molar-refractivity contribution in [2.75, 3.05) is 6.61 Å². The van der Waals surface area contributed by atoms with Gasteiger partial charge in [-0.1, -0.05) is 12.1 Å². The van der Waals surface area contributed by atoms with E-state index < -0.39 is 0 Å². The molecule has 0 aliphatic carbocycles. The zero-order valence-electron chi connectivity index (χ0n) is 10.1. The quantitative estimate of drug-likeness (QED) is 0.925. The molecular weight excluding hydrogens is 294 g/mol. The van der Waals surface area contributed by atoms with Crippen molar-refractivity contribution in [1.82, 2.24) is 9.78 Å². The van der Waals surface area contributed by atoms with Gasteiger partial charge < -0.3 is 10.5 Å². The van der Waals surface area contributed by atoms with Crippen molar-refractivity contribution in [2.24, 2.45) is 12.8 Å². The fourth-order valence-electron chi connectivity index (χ4n) is 2.33. The lowest BCUT2D eigenvalue weighted by Gasteiger charge is -2.14. The summed E-state index contributed by atoms with van der Waals surface area (Å²) in [7, 11) is 1.90. The molecule has 94 valence electrons. The molecule has 0 amide bonds. The number of hydrogen-bond donors (Lipinski definition) is 1. The van der Waals surface area contributed by atoms with E-state index in [9.17, 15) is 0 Å². The normalized spacial score (nSPS) is 15.3. The van der Waals surface area contributed by atoms with Crippen LogP contribution < -0.4 is 10.5 Å². The van der Waals surface area contributed by atoms with Crippen molar-refractivity contribution in [2.45, 2.75) is 12.5 Å². The van der Waals surface area contributed by atoms with Crippen molar-refractivity contribution in [3.8, 4) is 5.75 Å². The molecule has 1 aliphatic heterocycles. The smallest absolute Gasteiger partial charge is 0.122 e. The summed E-state index contributed by atoms with van der Waals surface area (Å²) in [6.45, 7) is 0.767. The number of ether oxygens (including phenoxy) is 1. The van der Waals surface area contributed by atoms with Crippen molar-refractivity contribution >= 4 is 15.9 Å².